The molecule has 0 heterocycles. The Morgan fingerprint density at radius 1 is 1.55 bits per heavy atom. The van der Waals surface area contributed by atoms with Crippen LogP contribution in [-0.2, 0) is 4.79 Å². The molecule has 64 valence electrons. The van der Waals surface area contributed by atoms with Gasteiger partial charge in [-0.25, -0.2) is 0 Å². The Bertz CT molecular complexity index is 167. The van der Waals surface area contributed by atoms with Crippen LogP contribution in [0.25, 0.3) is 0 Å². The predicted molar refractivity (Wildman–Crippen MR) is 43.3 cm³/mol. The van der Waals surface area contributed by atoms with Crippen LogP contribution in [-0.4, -0.2) is 11.1 Å². The maximum atomic E-state index is 10.5. The topological polar surface area (TPSA) is 37.3 Å². The average molecular weight is 156 g/mol. The van der Waals surface area contributed by atoms with Gasteiger partial charge in [-0.1, -0.05) is 20.8 Å². The van der Waals surface area contributed by atoms with E-state index >= 15 is 0 Å². The lowest BCUT2D eigenvalue weighted by Crippen LogP contribution is -2.08. The molecule has 0 unspecified atom stereocenters. The number of rotatable bonds is 2. The van der Waals surface area contributed by atoms with E-state index in [2.05, 4.69) is 20.8 Å². The van der Waals surface area contributed by atoms with Crippen molar-refractivity contribution < 1.29 is 9.90 Å². The molecule has 0 aromatic heterocycles. The number of carboxylic acids is 1. The summed E-state index contributed by atoms with van der Waals surface area (Å²) in [5, 5.41) is 8.62. The van der Waals surface area contributed by atoms with Gasteiger partial charge in [0.15, 0.2) is 0 Å². The molecule has 1 saturated carbocycles. The summed E-state index contributed by atoms with van der Waals surface area (Å²) in [4.78, 5) is 10.5. The number of carboxylic acid groups (broad SMARTS) is 1. The Kier molecular flexibility index (Phi) is 1.95. The molecule has 0 amide bonds. The van der Waals surface area contributed by atoms with Crippen LogP contribution in [0.4, 0.5) is 0 Å². The number of hydrogen-bond donors (Lipinski definition) is 1. The molecule has 1 rings (SSSR count). The zero-order valence-electron chi connectivity index (χ0n) is 7.42. The molecule has 0 radical (unpaired) electrons. The van der Waals surface area contributed by atoms with E-state index in [0.717, 1.165) is 12.8 Å². The summed E-state index contributed by atoms with van der Waals surface area (Å²) in [5.41, 5.74) is 0.287. The van der Waals surface area contributed by atoms with Gasteiger partial charge in [-0.2, -0.15) is 0 Å². The first-order valence-corrected chi connectivity index (χ1v) is 4.13. The molecule has 11 heavy (non-hydrogen) atoms. The van der Waals surface area contributed by atoms with Crippen LogP contribution in [0.5, 0.6) is 0 Å². The van der Waals surface area contributed by atoms with E-state index in [4.69, 9.17) is 5.11 Å². The minimum atomic E-state index is -0.612. The molecule has 0 aliphatic heterocycles. The van der Waals surface area contributed by atoms with Gasteiger partial charge >= 0.3 is 5.97 Å². The monoisotopic (exact) mass is 156 g/mol. The summed E-state index contributed by atoms with van der Waals surface area (Å²) in [7, 11) is 0. The van der Waals surface area contributed by atoms with Gasteiger partial charge in [0.1, 0.15) is 0 Å². The first-order chi connectivity index (χ1) is 4.90. The van der Waals surface area contributed by atoms with E-state index in [-0.39, 0.29) is 11.3 Å². The third-order valence-corrected chi connectivity index (χ3v) is 2.11. The standard InChI is InChI=1S/C9H16O2/c1-9(2,3)5-6-4-7(6)8(10)11/h6-7H,4-5H2,1-3H3,(H,10,11)/t6-,7-/m0/s1. The summed E-state index contributed by atoms with van der Waals surface area (Å²) < 4.78 is 0. The highest BCUT2D eigenvalue weighted by atomic mass is 16.4. The lowest BCUT2D eigenvalue weighted by atomic mass is 9.89. The molecular formula is C9H16O2. The smallest absolute Gasteiger partial charge is 0.306 e. The quantitative estimate of drug-likeness (QED) is 0.665. The zero-order chi connectivity index (χ0) is 8.65. The fraction of sp³-hybridized carbons (Fsp3) is 0.889. The van der Waals surface area contributed by atoms with Crippen molar-refractivity contribution >= 4 is 5.97 Å². The maximum Gasteiger partial charge on any atom is 0.306 e. The molecular weight excluding hydrogens is 140 g/mol. The van der Waals surface area contributed by atoms with Gasteiger partial charge in [0, 0.05) is 0 Å². The minimum absolute atomic E-state index is 0.0331. The molecule has 1 N–H and O–H groups in total. The normalized spacial score (nSPS) is 30.1. The van der Waals surface area contributed by atoms with Gasteiger partial charge in [0.2, 0.25) is 0 Å². The molecule has 0 saturated heterocycles. The molecule has 0 aromatic carbocycles. The number of hydrogen-bond acceptors (Lipinski definition) is 1. The van der Waals surface area contributed by atoms with E-state index < -0.39 is 5.97 Å². The van der Waals surface area contributed by atoms with Crippen LogP contribution in [0.15, 0.2) is 0 Å². The van der Waals surface area contributed by atoms with E-state index in [1.54, 1.807) is 0 Å². The minimum Gasteiger partial charge on any atom is -0.481 e. The van der Waals surface area contributed by atoms with E-state index in [0.29, 0.717) is 5.92 Å². The number of carbonyl (C=O) groups is 1. The van der Waals surface area contributed by atoms with Crippen molar-refractivity contribution in [3.63, 3.8) is 0 Å². The Morgan fingerprint density at radius 3 is 2.36 bits per heavy atom. The summed E-state index contributed by atoms with van der Waals surface area (Å²) in [6, 6.07) is 0. The second-order valence-corrected chi connectivity index (χ2v) is 4.71. The first kappa shape index (κ1) is 8.57. The van der Waals surface area contributed by atoms with Gasteiger partial charge in [-0.05, 0) is 24.2 Å². The highest BCUT2D eigenvalue weighted by Crippen LogP contribution is 2.46. The van der Waals surface area contributed by atoms with E-state index in [1.165, 1.54) is 0 Å². The van der Waals surface area contributed by atoms with Gasteiger partial charge in [0.25, 0.3) is 0 Å². The summed E-state index contributed by atoms with van der Waals surface area (Å²) in [5.74, 6) is -0.194. The largest absolute Gasteiger partial charge is 0.481 e. The van der Waals surface area contributed by atoms with Crippen LogP contribution in [0.3, 0.4) is 0 Å². The molecule has 2 heteroatoms. The van der Waals surface area contributed by atoms with Crippen molar-refractivity contribution in [3.05, 3.63) is 0 Å². The van der Waals surface area contributed by atoms with Gasteiger partial charge in [-0.3, -0.25) is 4.79 Å². The number of aliphatic carboxylic acids is 1. The van der Waals surface area contributed by atoms with Crippen LogP contribution >= 0.6 is 0 Å². The average Bonchev–Trinajstić information content (AvgIpc) is 2.40. The molecule has 2 atom stereocenters. The van der Waals surface area contributed by atoms with Gasteiger partial charge in [-0.15, -0.1) is 0 Å². The lowest BCUT2D eigenvalue weighted by Gasteiger charge is -2.17. The van der Waals surface area contributed by atoms with Crippen molar-refractivity contribution in [1.29, 1.82) is 0 Å². The molecule has 2 nitrogen and oxygen atoms in total. The third kappa shape index (κ3) is 2.52. The van der Waals surface area contributed by atoms with Gasteiger partial charge < -0.3 is 5.11 Å². The highest BCUT2D eigenvalue weighted by molar-refractivity contribution is 5.73. The Hall–Kier alpha value is -0.530. The van der Waals surface area contributed by atoms with Crippen molar-refractivity contribution in [3.8, 4) is 0 Å². The fourth-order valence-corrected chi connectivity index (χ4v) is 1.56. The fourth-order valence-electron chi connectivity index (χ4n) is 1.56. The molecule has 0 aromatic rings. The van der Waals surface area contributed by atoms with Crippen molar-refractivity contribution in [1.82, 2.24) is 0 Å². The summed E-state index contributed by atoms with van der Waals surface area (Å²) in [6.45, 7) is 6.47. The predicted octanol–water partition coefficient (Wildman–Crippen LogP) is 2.14. The first-order valence-electron chi connectivity index (χ1n) is 4.13. The maximum absolute atomic E-state index is 10.5. The van der Waals surface area contributed by atoms with Crippen LogP contribution in [0.2, 0.25) is 0 Å². The molecule has 0 bridgehead atoms. The SMILES string of the molecule is CC(C)(C)C[C@@H]1C[C@@H]1C(=O)O. The second-order valence-electron chi connectivity index (χ2n) is 4.71. The zero-order valence-corrected chi connectivity index (χ0v) is 7.42. The Labute approximate surface area is 67.6 Å². The van der Waals surface area contributed by atoms with E-state index in [9.17, 15) is 4.79 Å². The molecule has 1 fully saturated rings. The van der Waals surface area contributed by atoms with Crippen molar-refractivity contribution in [2.45, 2.75) is 33.6 Å². The van der Waals surface area contributed by atoms with Crippen molar-refractivity contribution in [2.75, 3.05) is 0 Å². The van der Waals surface area contributed by atoms with Crippen molar-refractivity contribution in [2.24, 2.45) is 17.3 Å². The van der Waals surface area contributed by atoms with Gasteiger partial charge in [0.05, 0.1) is 5.92 Å². The van der Waals surface area contributed by atoms with Crippen LogP contribution in [0, 0.1) is 17.3 Å². The molecule has 1 aliphatic rings. The highest BCUT2D eigenvalue weighted by Gasteiger charge is 2.44. The summed E-state index contributed by atoms with van der Waals surface area (Å²) >= 11 is 0. The molecule has 0 spiro atoms. The van der Waals surface area contributed by atoms with E-state index in [1.807, 2.05) is 0 Å². The Balaban J connectivity index is 2.29. The van der Waals surface area contributed by atoms with Crippen LogP contribution in [0.1, 0.15) is 33.6 Å². The molecule has 1 aliphatic carbocycles. The third-order valence-electron chi connectivity index (χ3n) is 2.11. The lowest BCUT2D eigenvalue weighted by molar-refractivity contribution is -0.138. The Morgan fingerprint density at radius 2 is 2.09 bits per heavy atom. The van der Waals surface area contributed by atoms with Crippen LogP contribution < -0.4 is 0 Å². The summed E-state index contributed by atoms with van der Waals surface area (Å²) in [6.07, 6.45) is 1.94. The second kappa shape index (κ2) is 2.50.